The minimum absolute atomic E-state index is 0.0376. The van der Waals surface area contributed by atoms with Crippen LogP contribution in [0.15, 0.2) is 40.3 Å². The number of phenolic OH excluding ortho intramolecular Hbond substituents is 1. The molecule has 2 amide bonds. The molecule has 108 valence electrons. The summed E-state index contributed by atoms with van der Waals surface area (Å²) >= 11 is 0. The first kappa shape index (κ1) is 16.1. The number of urea groups is 1. The van der Waals surface area contributed by atoms with Crippen LogP contribution in [0.25, 0.3) is 0 Å². The molecule has 0 saturated carbocycles. The number of aromatic hydroxyl groups is 1. The number of anilines is 1. The summed E-state index contributed by atoms with van der Waals surface area (Å²) in [5.41, 5.74) is 0.343. The molecule has 1 aromatic carbocycles. The summed E-state index contributed by atoms with van der Waals surface area (Å²) in [7, 11) is -4.33. The summed E-state index contributed by atoms with van der Waals surface area (Å²) in [6, 6.07) is 4.67. The number of hydrogen-bond acceptors (Lipinski definition) is 5. The minimum atomic E-state index is -3.97. The number of hydrogen-bond donors (Lipinski definition) is 3. The van der Waals surface area contributed by atoms with Crippen LogP contribution in [0.2, 0.25) is 0 Å². The lowest BCUT2D eigenvalue weighted by Gasteiger charge is -2.09. The van der Waals surface area contributed by atoms with E-state index in [9.17, 15) is 13.2 Å². The van der Waals surface area contributed by atoms with E-state index in [1.807, 2.05) is 4.72 Å². The fourth-order valence-corrected chi connectivity index (χ4v) is 2.56. The van der Waals surface area contributed by atoms with Crippen molar-refractivity contribution >= 4 is 36.7 Å². The molecule has 0 radical (unpaired) electrons. The Hall–Kier alpha value is -1.92. The maximum atomic E-state index is 11.7. The number of nitrogens with one attached hydrogen (secondary N) is 2. The molecule has 0 aliphatic rings. The van der Waals surface area contributed by atoms with Gasteiger partial charge < -0.3 is 10.4 Å². The number of sulfonamides is 1. The molecular formula is C11H14N3O4PS. The van der Waals surface area contributed by atoms with E-state index in [0.717, 1.165) is 0 Å². The SMILES string of the molecule is C=C(P/N=C\C)S(=O)(=O)NC(=O)Nc1ccc(O)cc1. The molecule has 1 rings (SSSR count). The van der Waals surface area contributed by atoms with Crippen molar-refractivity contribution in [2.24, 2.45) is 4.76 Å². The third-order valence-corrected chi connectivity index (χ3v) is 4.81. The van der Waals surface area contributed by atoms with E-state index in [0.29, 0.717) is 5.69 Å². The molecule has 7 nitrogen and oxygen atoms in total. The van der Waals surface area contributed by atoms with Crippen LogP contribution in [-0.2, 0) is 10.0 Å². The second-order valence-corrected chi connectivity index (χ2v) is 6.68. The Morgan fingerprint density at radius 3 is 2.55 bits per heavy atom. The lowest BCUT2D eigenvalue weighted by molar-refractivity contribution is 0.256. The van der Waals surface area contributed by atoms with Gasteiger partial charge in [0, 0.05) is 20.6 Å². The smallest absolute Gasteiger partial charge is 0.333 e. The summed E-state index contributed by atoms with van der Waals surface area (Å²) in [5, 5.41) is 11.4. The molecule has 0 spiro atoms. The van der Waals surface area contributed by atoms with Gasteiger partial charge in [-0.25, -0.2) is 17.9 Å². The molecular weight excluding hydrogens is 301 g/mol. The van der Waals surface area contributed by atoms with Gasteiger partial charge in [-0.3, -0.25) is 4.76 Å². The number of rotatable bonds is 5. The van der Waals surface area contributed by atoms with Crippen molar-refractivity contribution in [3.05, 3.63) is 35.5 Å². The number of phenols is 1. The zero-order valence-corrected chi connectivity index (χ0v) is 12.4. The average Bonchev–Trinajstić information content (AvgIpc) is 2.37. The first-order chi connectivity index (χ1) is 9.35. The molecule has 1 atom stereocenters. The van der Waals surface area contributed by atoms with Gasteiger partial charge in [0.25, 0.3) is 10.0 Å². The van der Waals surface area contributed by atoms with Crippen LogP contribution in [0.5, 0.6) is 5.75 Å². The summed E-state index contributed by atoms with van der Waals surface area (Å²) in [6.07, 6.45) is 1.45. The Morgan fingerprint density at radius 2 is 2.00 bits per heavy atom. The Bertz CT molecular complexity index is 626. The second kappa shape index (κ2) is 7.02. The maximum absolute atomic E-state index is 11.7. The minimum Gasteiger partial charge on any atom is -0.508 e. The molecule has 0 fully saturated rings. The molecule has 0 saturated heterocycles. The van der Waals surface area contributed by atoms with Gasteiger partial charge in [0.1, 0.15) is 10.4 Å². The van der Waals surface area contributed by atoms with E-state index in [2.05, 4.69) is 16.7 Å². The van der Waals surface area contributed by atoms with Gasteiger partial charge in [0.15, 0.2) is 0 Å². The normalized spacial score (nSPS) is 11.8. The van der Waals surface area contributed by atoms with Gasteiger partial charge in [-0.05, 0) is 31.2 Å². The lowest BCUT2D eigenvalue weighted by atomic mass is 10.3. The van der Waals surface area contributed by atoms with Crippen LogP contribution >= 0.6 is 8.73 Å². The van der Waals surface area contributed by atoms with Gasteiger partial charge in [-0.1, -0.05) is 6.58 Å². The van der Waals surface area contributed by atoms with E-state index >= 15 is 0 Å². The van der Waals surface area contributed by atoms with Crippen molar-refractivity contribution in [3.8, 4) is 5.75 Å². The molecule has 0 bridgehead atoms. The van der Waals surface area contributed by atoms with E-state index in [1.165, 1.54) is 30.5 Å². The van der Waals surface area contributed by atoms with Gasteiger partial charge >= 0.3 is 6.03 Å². The van der Waals surface area contributed by atoms with Crippen molar-refractivity contribution in [2.75, 3.05) is 5.32 Å². The Kier molecular flexibility index (Phi) is 5.66. The Morgan fingerprint density at radius 1 is 1.40 bits per heavy atom. The van der Waals surface area contributed by atoms with Crippen LogP contribution in [0, 0.1) is 0 Å². The quantitative estimate of drug-likeness (QED) is 0.439. The average molecular weight is 315 g/mol. The van der Waals surface area contributed by atoms with Crippen LogP contribution < -0.4 is 10.0 Å². The van der Waals surface area contributed by atoms with Crippen LogP contribution in [0.1, 0.15) is 6.92 Å². The molecule has 0 heterocycles. The largest absolute Gasteiger partial charge is 0.508 e. The summed E-state index contributed by atoms with van der Waals surface area (Å²) in [6.45, 7) is 5.02. The zero-order valence-electron chi connectivity index (χ0n) is 10.6. The Labute approximate surface area is 118 Å². The first-order valence-corrected chi connectivity index (χ1v) is 7.83. The molecule has 3 N–H and O–H groups in total. The van der Waals surface area contributed by atoms with Gasteiger partial charge in [0.05, 0.1) is 0 Å². The predicted octanol–water partition coefficient (Wildman–Crippen LogP) is 2.00. The van der Waals surface area contributed by atoms with Crippen LogP contribution in [0.3, 0.4) is 0 Å². The van der Waals surface area contributed by atoms with Crippen molar-refractivity contribution in [1.82, 2.24) is 4.72 Å². The number of amides is 2. The highest BCUT2D eigenvalue weighted by atomic mass is 32.2. The third kappa shape index (κ3) is 4.99. The van der Waals surface area contributed by atoms with E-state index in [4.69, 9.17) is 5.11 Å². The van der Waals surface area contributed by atoms with Crippen LogP contribution in [0.4, 0.5) is 10.5 Å². The van der Waals surface area contributed by atoms with E-state index in [-0.39, 0.29) is 19.1 Å². The van der Waals surface area contributed by atoms with Crippen molar-refractivity contribution in [2.45, 2.75) is 6.92 Å². The molecule has 0 aromatic heterocycles. The monoisotopic (exact) mass is 315 g/mol. The molecule has 1 unspecified atom stereocenters. The molecule has 1 aromatic rings. The van der Waals surface area contributed by atoms with Crippen molar-refractivity contribution < 1.29 is 18.3 Å². The predicted molar refractivity (Wildman–Crippen MR) is 80.8 cm³/mol. The maximum Gasteiger partial charge on any atom is 0.333 e. The lowest BCUT2D eigenvalue weighted by Crippen LogP contribution is -2.34. The van der Waals surface area contributed by atoms with Crippen molar-refractivity contribution in [3.63, 3.8) is 0 Å². The van der Waals surface area contributed by atoms with Crippen molar-refractivity contribution in [1.29, 1.82) is 0 Å². The number of carbonyl (C=O) groups is 1. The second-order valence-electron chi connectivity index (χ2n) is 3.53. The highest BCUT2D eigenvalue weighted by molar-refractivity contribution is 8.00. The molecule has 0 aliphatic carbocycles. The van der Waals surface area contributed by atoms with E-state index < -0.39 is 16.1 Å². The topological polar surface area (TPSA) is 108 Å². The number of benzene rings is 1. The third-order valence-electron chi connectivity index (χ3n) is 1.99. The van der Waals surface area contributed by atoms with Gasteiger partial charge in [-0.15, -0.1) is 0 Å². The summed E-state index contributed by atoms with van der Waals surface area (Å²) in [5.74, 6) is 0.0376. The van der Waals surface area contributed by atoms with E-state index in [1.54, 1.807) is 6.92 Å². The summed E-state index contributed by atoms with van der Waals surface area (Å²) in [4.78, 5) is 11.6. The summed E-state index contributed by atoms with van der Waals surface area (Å²) < 4.78 is 28.8. The van der Waals surface area contributed by atoms with Gasteiger partial charge in [0.2, 0.25) is 0 Å². The van der Waals surface area contributed by atoms with Gasteiger partial charge in [-0.2, -0.15) is 0 Å². The highest BCUT2D eigenvalue weighted by Crippen LogP contribution is 2.26. The highest BCUT2D eigenvalue weighted by Gasteiger charge is 2.18. The standard InChI is InChI=1S/C11H14N3O4PS/c1-3-12-19-8(2)20(17,18)14-11(16)13-9-4-6-10(15)7-5-9/h3-7,15,19H,2H2,1H3,(H2,13,14,16)/b12-3-. The van der Waals surface area contributed by atoms with Crippen LogP contribution in [-0.4, -0.2) is 25.8 Å². The number of nitrogens with zero attached hydrogens (tertiary/aromatic N) is 1. The molecule has 20 heavy (non-hydrogen) atoms. The molecule has 9 heteroatoms. The number of carbonyl (C=O) groups excluding carboxylic acids is 1. The fraction of sp³-hybridized carbons (Fsp3) is 0.0909. The molecule has 0 aliphatic heterocycles. The fourth-order valence-electron chi connectivity index (χ4n) is 1.08. The zero-order chi connectivity index (χ0) is 15.2. The Balaban J connectivity index is 2.65. The first-order valence-electron chi connectivity index (χ1n) is 5.40.